The Morgan fingerprint density at radius 3 is 2.53 bits per heavy atom. The highest BCUT2D eigenvalue weighted by atomic mass is 32.2. The third-order valence-electron chi connectivity index (χ3n) is 6.23. The van der Waals surface area contributed by atoms with E-state index in [-0.39, 0.29) is 0 Å². The maximum Gasteiger partial charge on any atom is 0.213 e. The van der Waals surface area contributed by atoms with Crippen molar-refractivity contribution >= 4 is 20.9 Å². The quantitative estimate of drug-likeness (QED) is 0.566. The molecule has 0 amide bonds. The van der Waals surface area contributed by atoms with E-state index < -0.39 is 15.3 Å². The first-order valence-electron chi connectivity index (χ1n) is 10.9. The molecule has 0 aliphatic heterocycles. The van der Waals surface area contributed by atoms with Crippen LogP contribution in [0.3, 0.4) is 0 Å². The van der Waals surface area contributed by atoms with Gasteiger partial charge in [0.1, 0.15) is 0 Å². The molecule has 1 aliphatic carbocycles. The van der Waals surface area contributed by atoms with Crippen molar-refractivity contribution in [2.75, 3.05) is 6.54 Å². The zero-order valence-corrected chi connectivity index (χ0v) is 18.7. The van der Waals surface area contributed by atoms with Crippen molar-refractivity contribution in [1.82, 2.24) is 14.3 Å². The number of sulfonamides is 1. The zero-order valence-electron chi connectivity index (χ0n) is 17.8. The Bertz CT molecular complexity index is 1100. The summed E-state index contributed by atoms with van der Waals surface area (Å²) in [6.07, 6.45) is 11.8. The molecule has 160 valence electrons. The van der Waals surface area contributed by atoms with E-state index in [1.165, 1.54) is 47.7 Å². The van der Waals surface area contributed by atoms with Crippen molar-refractivity contribution in [2.45, 2.75) is 57.7 Å². The van der Waals surface area contributed by atoms with E-state index >= 15 is 0 Å². The lowest BCUT2D eigenvalue weighted by Gasteiger charge is -2.12. The summed E-state index contributed by atoms with van der Waals surface area (Å²) in [7, 11) is -3.24. The van der Waals surface area contributed by atoms with Crippen molar-refractivity contribution in [3.05, 3.63) is 54.5 Å². The monoisotopic (exact) mass is 425 g/mol. The maximum atomic E-state index is 12.1. The van der Waals surface area contributed by atoms with E-state index in [2.05, 4.69) is 38.7 Å². The van der Waals surface area contributed by atoms with Crippen LogP contribution in [0.2, 0.25) is 0 Å². The number of fused-ring (bicyclic) bond motifs is 1. The molecule has 0 atom stereocenters. The summed E-state index contributed by atoms with van der Waals surface area (Å²) in [6.45, 7) is 4.87. The van der Waals surface area contributed by atoms with E-state index in [1.54, 1.807) is 13.8 Å². The average Bonchev–Trinajstić information content (AvgIpc) is 3.37. The fraction of sp³-hybridized carbons (Fsp3) is 0.458. The lowest BCUT2D eigenvalue weighted by molar-refractivity contribution is 0.465. The second-order valence-electron chi connectivity index (χ2n) is 8.66. The Morgan fingerprint density at radius 1 is 1.10 bits per heavy atom. The van der Waals surface area contributed by atoms with Gasteiger partial charge in [-0.05, 0) is 73.9 Å². The predicted molar refractivity (Wildman–Crippen MR) is 123 cm³/mol. The minimum Gasteiger partial charge on any atom is -0.347 e. The smallest absolute Gasteiger partial charge is 0.213 e. The van der Waals surface area contributed by atoms with Gasteiger partial charge in [-0.3, -0.25) is 4.98 Å². The normalized spacial score (nSPS) is 15.4. The lowest BCUT2D eigenvalue weighted by atomic mass is 10.0. The standard InChI is InChI=1S/C24H31N3O2S/c1-18(2)30(28,29)26-14-11-22-17-27(16-19-5-3-4-6-19)24-15-21(7-8-23(22)24)20-9-12-25-13-10-20/h7-10,12-13,15,17-19,26H,3-6,11,14,16H2,1-2H3. The minimum atomic E-state index is -3.24. The fourth-order valence-electron chi connectivity index (χ4n) is 4.41. The second kappa shape index (κ2) is 8.90. The van der Waals surface area contributed by atoms with Crippen LogP contribution in [-0.4, -0.2) is 29.8 Å². The summed E-state index contributed by atoms with van der Waals surface area (Å²) >= 11 is 0. The molecular formula is C24H31N3O2S. The van der Waals surface area contributed by atoms with Crippen LogP contribution in [-0.2, 0) is 23.0 Å². The molecule has 0 saturated heterocycles. The molecule has 4 rings (SSSR count). The summed E-state index contributed by atoms with van der Waals surface area (Å²) in [5, 5.41) is 0.804. The van der Waals surface area contributed by atoms with Crippen LogP contribution in [0.15, 0.2) is 48.9 Å². The van der Waals surface area contributed by atoms with Crippen LogP contribution in [0.25, 0.3) is 22.0 Å². The molecule has 0 spiro atoms. The average molecular weight is 426 g/mol. The van der Waals surface area contributed by atoms with Gasteiger partial charge in [-0.1, -0.05) is 25.0 Å². The van der Waals surface area contributed by atoms with Gasteiger partial charge < -0.3 is 4.57 Å². The van der Waals surface area contributed by atoms with Gasteiger partial charge in [0.25, 0.3) is 0 Å². The largest absolute Gasteiger partial charge is 0.347 e. The molecule has 1 aromatic carbocycles. The van der Waals surface area contributed by atoms with E-state index in [0.717, 1.165) is 18.0 Å². The van der Waals surface area contributed by atoms with Gasteiger partial charge in [-0.15, -0.1) is 0 Å². The van der Waals surface area contributed by atoms with Gasteiger partial charge in [0.05, 0.1) is 5.25 Å². The summed E-state index contributed by atoms with van der Waals surface area (Å²) < 4.78 is 29.3. The van der Waals surface area contributed by atoms with Gasteiger partial charge in [0.15, 0.2) is 0 Å². The SMILES string of the molecule is CC(C)S(=O)(=O)NCCc1cn(CC2CCCC2)c2cc(-c3ccncc3)ccc12. The van der Waals surface area contributed by atoms with Crippen LogP contribution >= 0.6 is 0 Å². The van der Waals surface area contributed by atoms with Crippen molar-refractivity contribution in [3.8, 4) is 11.1 Å². The first-order valence-corrected chi connectivity index (χ1v) is 12.5. The maximum absolute atomic E-state index is 12.1. The zero-order chi connectivity index (χ0) is 21.1. The molecule has 1 fully saturated rings. The second-order valence-corrected chi connectivity index (χ2v) is 11.0. The van der Waals surface area contributed by atoms with Crippen LogP contribution < -0.4 is 4.72 Å². The highest BCUT2D eigenvalue weighted by molar-refractivity contribution is 7.90. The van der Waals surface area contributed by atoms with E-state index in [9.17, 15) is 8.42 Å². The number of aromatic nitrogens is 2. The van der Waals surface area contributed by atoms with E-state index in [4.69, 9.17) is 0 Å². The van der Waals surface area contributed by atoms with Crippen LogP contribution in [0.4, 0.5) is 0 Å². The number of benzene rings is 1. The third kappa shape index (κ3) is 4.60. The van der Waals surface area contributed by atoms with Crippen LogP contribution in [0, 0.1) is 5.92 Å². The molecule has 1 aliphatic rings. The number of nitrogens with zero attached hydrogens (tertiary/aromatic N) is 2. The number of nitrogens with one attached hydrogen (secondary N) is 1. The van der Waals surface area contributed by atoms with E-state index in [1.807, 2.05) is 24.5 Å². The van der Waals surface area contributed by atoms with Crippen molar-refractivity contribution in [1.29, 1.82) is 0 Å². The molecule has 1 N–H and O–H groups in total. The van der Waals surface area contributed by atoms with Gasteiger partial charge in [0, 0.05) is 42.6 Å². The summed E-state index contributed by atoms with van der Waals surface area (Å²) in [4.78, 5) is 4.13. The number of hydrogen-bond donors (Lipinski definition) is 1. The summed E-state index contributed by atoms with van der Waals surface area (Å²) in [6, 6.07) is 10.7. The molecule has 3 aromatic rings. The van der Waals surface area contributed by atoms with Crippen molar-refractivity contribution in [3.63, 3.8) is 0 Å². The molecule has 2 heterocycles. The number of hydrogen-bond acceptors (Lipinski definition) is 3. The van der Waals surface area contributed by atoms with Crippen LogP contribution in [0.5, 0.6) is 0 Å². The Kier molecular flexibility index (Phi) is 6.25. The molecule has 30 heavy (non-hydrogen) atoms. The highest BCUT2D eigenvalue weighted by Gasteiger charge is 2.19. The summed E-state index contributed by atoms with van der Waals surface area (Å²) in [5.41, 5.74) is 4.78. The topological polar surface area (TPSA) is 64.0 Å². The molecule has 2 aromatic heterocycles. The summed E-state index contributed by atoms with van der Waals surface area (Å²) in [5.74, 6) is 0.734. The Balaban J connectivity index is 1.64. The first-order chi connectivity index (χ1) is 14.4. The van der Waals surface area contributed by atoms with Gasteiger partial charge >= 0.3 is 0 Å². The molecule has 0 radical (unpaired) electrons. The van der Waals surface area contributed by atoms with Gasteiger partial charge in [-0.25, -0.2) is 13.1 Å². The Hall–Kier alpha value is -2.18. The van der Waals surface area contributed by atoms with Crippen molar-refractivity contribution < 1.29 is 8.42 Å². The molecule has 0 bridgehead atoms. The highest BCUT2D eigenvalue weighted by Crippen LogP contribution is 2.31. The van der Waals surface area contributed by atoms with Crippen molar-refractivity contribution in [2.24, 2.45) is 5.92 Å². The fourth-order valence-corrected chi connectivity index (χ4v) is 5.13. The third-order valence-corrected chi connectivity index (χ3v) is 8.07. The molecule has 1 saturated carbocycles. The number of rotatable bonds is 8. The predicted octanol–water partition coefficient (Wildman–Crippen LogP) is 4.76. The molecular weight excluding hydrogens is 394 g/mol. The van der Waals surface area contributed by atoms with Gasteiger partial charge in [-0.2, -0.15) is 0 Å². The Morgan fingerprint density at radius 2 is 1.83 bits per heavy atom. The van der Waals surface area contributed by atoms with E-state index in [0.29, 0.717) is 13.0 Å². The molecule has 5 nitrogen and oxygen atoms in total. The number of pyridine rings is 1. The molecule has 0 unspecified atom stereocenters. The molecule has 6 heteroatoms. The lowest BCUT2D eigenvalue weighted by Crippen LogP contribution is -2.32. The minimum absolute atomic E-state index is 0.413. The Labute approximate surface area is 179 Å². The van der Waals surface area contributed by atoms with Gasteiger partial charge in [0.2, 0.25) is 10.0 Å². The van der Waals surface area contributed by atoms with Crippen LogP contribution in [0.1, 0.15) is 45.1 Å². The first kappa shape index (κ1) is 21.1.